The third-order valence-electron chi connectivity index (χ3n) is 2.56. The maximum absolute atomic E-state index is 12.0. The molecular weight excluding hydrogens is 309 g/mol. The molecule has 0 bridgehead atoms. The highest BCUT2D eigenvalue weighted by molar-refractivity contribution is 7.89. The van der Waals surface area contributed by atoms with Crippen molar-refractivity contribution in [2.24, 2.45) is 0 Å². The molecule has 0 spiro atoms. The van der Waals surface area contributed by atoms with Crippen LogP contribution in [0.15, 0.2) is 23.1 Å². The number of halogens is 2. The minimum absolute atomic E-state index is 0.0753. The van der Waals surface area contributed by atoms with E-state index in [0.29, 0.717) is 13.0 Å². The van der Waals surface area contributed by atoms with Gasteiger partial charge in [-0.05, 0) is 25.0 Å². The SMILES string of the molecule is O=S(=O)(NCCCCCCO)c1c(Cl)cccc1Cl. The predicted molar refractivity (Wildman–Crippen MR) is 77.2 cm³/mol. The Hall–Kier alpha value is -0.330. The lowest BCUT2D eigenvalue weighted by Crippen LogP contribution is -2.25. The van der Waals surface area contributed by atoms with E-state index in [1.807, 2.05) is 0 Å². The van der Waals surface area contributed by atoms with Crippen LogP contribution in [-0.4, -0.2) is 26.7 Å². The second kappa shape index (κ2) is 8.07. The maximum atomic E-state index is 12.0. The van der Waals surface area contributed by atoms with Crippen molar-refractivity contribution in [3.05, 3.63) is 28.2 Å². The molecule has 0 saturated carbocycles. The maximum Gasteiger partial charge on any atom is 0.243 e. The average molecular weight is 326 g/mol. The molecule has 1 rings (SSSR count). The molecular formula is C12H17Cl2NO3S. The van der Waals surface area contributed by atoms with Gasteiger partial charge >= 0.3 is 0 Å². The van der Waals surface area contributed by atoms with Crippen LogP contribution in [0, 0.1) is 0 Å². The van der Waals surface area contributed by atoms with Gasteiger partial charge in [-0.1, -0.05) is 42.1 Å². The second-order valence-electron chi connectivity index (χ2n) is 4.09. The van der Waals surface area contributed by atoms with Crippen LogP contribution in [0.5, 0.6) is 0 Å². The summed E-state index contributed by atoms with van der Waals surface area (Å²) >= 11 is 11.7. The molecule has 0 amide bonds. The van der Waals surface area contributed by atoms with Gasteiger partial charge in [0.25, 0.3) is 0 Å². The van der Waals surface area contributed by atoms with E-state index < -0.39 is 10.0 Å². The summed E-state index contributed by atoms with van der Waals surface area (Å²) in [5, 5.41) is 8.84. The third-order valence-corrected chi connectivity index (χ3v) is 4.98. The van der Waals surface area contributed by atoms with Crippen molar-refractivity contribution in [3.8, 4) is 0 Å². The molecule has 0 aliphatic heterocycles. The lowest BCUT2D eigenvalue weighted by molar-refractivity contribution is 0.282. The predicted octanol–water partition coefficient (Wildman–Crippen LogP) is 2.82. The van der Waals surface area contributed by atoms with Crippen molar-refractivity contribution in [3.63, 3.8) is 0 Å². The molecule has 7 heteroatoms. The van der Waals surface area contributed by atoms with Gasteiger partial charge in [-0.3, -0.25) is 0 Å². The summed E-state index contributed by atoms with van der Waals surface area (Å²) in [4.78, 5) is -0.0753. The number of benzene rings is 1. The molecule has 0 fully saturated rings. The highest BCUT2D eigenvalue weighted by atomic mass is 35.5. The summed E-state index contributed by atoms with van der Waals surface area (Å²) in [6.07, 6.45) is 3.19. The Kier molecular flexibility index (Phi) is 7.10. The molecule has 0 aliphatic rings. The van der Waals surface area contributed by atoms with E-state index in [1.165, 1.54) is 12.1 Å². The number of hydrogen-bond donors (Lipinski definition) is 2. The second-order valence-corrected chi connectivity index (χ2v) is 6.60. The molecule has 2 N–H and O–H groups in total. The quantitative estimate of drug-likeness (QED) is 0.722. The fourth-order valence-electron chi connectivity index (χ4n) is 1.61. The molecule has 0 aliphatic carbocycles. The summed E-state index contributed by atoms with van der Waals surface area (Å²) in [7, 11) is -3.68. The van der Waals surface area contributed by atoms with Crippen LogP contribution >= 0.6 is 23.2 Å². The lowest BCUT2D eigenvalue weighted by Gasteiger charge is -2.09. The van der Waals surface area contributed by atoms with Crippen LogP contribution in [0.2, 0.25) is 10.0 Å². The highest BCUT2D eigenvalue weighted by Crippen LogP contribution is 2.28. The lowest BCUT2D eigenvalue weighted by atomic mass is 10.2. The number of aliphatic hydroxyl groups is 1. The van der Waals surface area contributed by atoms with Crippen molar-refractivity contribution in [1.29, 1.82) is 0 Å². The van der Waals surface area contributed by atoms with Crippen molar-refractivity contribution < 1.29 is 13.5 Å². The average Bonchev–Trinajstić information content (AvgIpc) is 2.33. The summed E-state index contributed by atoms with van der Waals surface area (Å²) in [5.41, 5.74) is 0. The molecule has 0 radical (unpaired) electrons. The van der Waals surface area contributed by atoms with Gasteiger partial charge in [-0.25, -0.2) is 13.1 Å². The molecule has 19 heavy (non-hydrogen) atoms. The van der Waals surface area contributed by atoms with Crippen molar-refractivity contribution >= 4 is 33.2 Å². The minimum atomic E-state index is -3.68. The van der Waals surface area contributed by atoms with E-state index in [0.717, 1.165) is 19.3 Å². The number of unbranched alkanes of at least 4 members (excludes halogenated alkanes) is 3. The van der Waals surface area contributed by atoms with E-state index in [4.69, 9.17) is 28.3 Å². The molecule has 1 aromatic rings. The van der Waals surface area contributed by atoms with Gasteiger partial charge in [-0.15, -0.1) is 0 Å². The van der Waals surface area contributed by atoms with E-state index in [-0.39, 0.29) is 21.5 Å². The van der Waals surface area contributed by atoms with Crippen LogP contribution in [-0.2, 0) is 10.0 Å². The van der Waals surface area contributed by atoms with E-state index in [9.17, 15) is 8.42 Å². The Labute approximate surface area is 123 Å². The first-order valence-electron chi connectivity index (χ1n) is 6.03. The first-order valence-corrected chi connectivity index (χ1v) is 8.27. The monoisotopic (exact) mass is 325 g/mol. The Morgan fingerprint density at radius 3 is 2.21 bits per heavy atom. The number of nitrogens with one attached hydrogen (secondary N) is 1. The Morgan fingerprint density at radius 2 is 1.63 bits per heavy atom. The molecule has 0 saturated heterocycles. The van der Waals surface area contributed by atoms with Crippen LogP contribution in [0.25, 0.3) is 0 Å². The largest absolute Gasteiger partial charge is 0.396 e. The smallest absolute Gasteiger partial charge is 0.243 e. The molecule has 0 atom stereocenters. The first kappa shape index (κ1) is 16.7. The fourth-order valence-corrected chi connectivity index (χ4v) is 3.82. The number of rotatable bonds is 8. The normalized spacial score (nSPS) is 11.7. The van der Waals surface area contributed by atoms with Crippen LogP contribution in [0.4, 0.5) is 0 Å². The zero-order valence-corrected chi connectivity index (χ0v) is 12.7. The number of sulfonamides is 1. The summed E-state index contributed by atoms with van der Waals surface area (Å²) in [5.74, 6) is 0. The topological polar surface area (TPSA) is 66.4 Å². The van der Waals surface area contributed by atoms with Gasteiger partial charge in [-0.2, -0.15) is 0 Å². The third kappa shape index (κ3) is 5.28. The Balaban J connectivity index is 2.57. The van der Waals surface area contributed by atoms with Gasteiger partial charge < -0.3 is 5.11 Å². The number of aliphatic hydroxyl groups excluding tert-OH is 1. The molecule has 0 unspecified atom stereocenters. The van der Waals surface area contributed by atoms with Gasteiger partial charge in [0.05, 0.1) is 10.0 Å². The Morgan fingerprint density at radius 1 is 1.05 bits per heavy atom. The van der Waals surface area contributed by atoms with Crippen LogP contribution < -0.4 is 4.72 Å². The molecule has 4 nitrogen and oxygen atoms in total. The van der Waals surface area contributed by atoms with E-state index in [2.05, 4.69) is 4.72 Å². The Bertz CT molecular complexity index is 485. The summed E-state index contributed by atoms with van der Waals surface area (Å²) in [6.45, 7) is 0.496. The fraction of sp³-hybridized carbons (Fsp3) is 0.500. The summed E-state index contributed by atoms with van der Waals surface area (Å²) in [6, 6.07) is 4.57. The minimum Gasteiger partial charge on any atom is -0.396 e. The molecule has 0 heterocycles. The molecule has 0 aromatic heterocycles. The van der Waals surface area contributed by atoms with Gasteiger partial charge in [0.1, 0.15) is 4.90 Å². The highest BCUT2D eigenvalue weighted by Gasteiger charge is 2.20. The van der Waals surface area contributed by atoms with E-state index >= 15 is 0 Å². The van der Waals surface area contributed by atoms with Gasteiger partial charge in [0.15, 0.2) is 0 Å². The first-order chi connectivity index (χ1) is 8.99. The van der Waals surface area contributed by atoms with Crippen molar-refractivity contribution in [2.45, 2.75) is 30.6 Å². The zero-order chi connectivity index (χ0) is 14.3. The zero-order valence-electron chi connectivity index (χ0n) is 10.4. The molecule has 1 aromatic carbocycles. The van der Waals surface area contributed by atoms with Gasteiger partial charge in [0, 0.05) is 13.2 Å². The van der Waals surface area contributed by atoms with Crippen LogP contribution in [0.3, 0.4) is 0 Å². The van der Waals surface area contributed by atoms with Crippen molar-refractivity contribution in [2.75, 3.05) is 13.2 Å². The van der Waals surface area contributed by atoms with Crippen LogP contribution in [0.1, 0.15) is 25.7 Å². The van der Waals surface area contributed by atoms with Crippen molar-refractivity contribution in [1.82, 2.24) is 4.72 Å². The standard InChI is InChI=1S/C12H17Cl2NO3S/c13-10-6-5-7-11(14)12(10)19(17,18)15-8-3-1-2-4-9-16/h5-7,15-16H,1-4,8-9H2. The number of hydrogen-bond acceptors (Lipinski definition) is 3. The van der Waals surface area contributed by atoms with Gasteiger partial charge in [0.2, 0.25) is 10.0 Å². The van der Waals surface area contributed by atoms with E-state index in [1.54, 1.807) is 6.07 Å². The molecule has 108 valence electrons. The summed E-state index contributed by atoms with van der Waals surface area (Å²) < 4.78 is 26.6.